The van der Waals surface area contributed by atoms with Gasteiger partial charge in [-0.3, -0.25) is 0 Å². The highest BCUT2D eigenvalue weighted by Crippen LogP contribution is 2.41. The lowest BCUT2D eigenvalue weighted by Gasteiger charge is -2.28. The van der Waals surface area contributed by atoms with Gasteiger partial charge in [-0.1, -0.05) is 197 Å². The first-order valence-electron chi connectivity index (χ1n) is 32.5. The van der Waals surface area contributed by atoms with Gasteiger partial charge in [-0.15, -0.1) is 0 Å². The van der Waals surface area contributed by atoms with Gasteiger partial charge >= 0.3 is 0 Å². The van der Waals surface area contributed by atoms with Crippen LogP contribution in [0.2, 0.25) is 0 Å². The molecule has 9 aromatic rings. The van der Waals surface area contributed by atoms with E-state index in [1.54, 1.807) is 0 Å². The summed E-state index contributed by atoms with van der Waals surface area (Å²) >= 11 is 0. The van der Waals surface area contributed by atoms with E-state index >= 15 is 0 Å². The zero-order chi connectivity index (χ0) is 66.7. The maximum atomic E-state index is 4.96. The SMILES string of the molecule is CC(C)(C)c1ccc(N(c2ccc(C3=NC=NC(c4ccc(N(c5ccc(C(C)(C)C)cc5)c5ccc(C(C)(C)C)cc5)cc4)=NC=NC(c4ccc(N(c5ccc(C(C)(C)C)cc5)c5ccc(C(C)(C)C)cc5)cc4)=NC=N3)cc2)c2ccc(C(C)(C)C)cc2)cc1. The van der Waals surface area contributed by atoms with Crippen LogP contribution >= 0.6 is 0 Å². The molecule has 1 aliphatic heterocycles. The van der Waals surface area contributed by atoms with Crippen molar-refractivity contribution in [3.63, 3.8) is 0 Å². The second-order valence-electron chi connectivity index (χ2n) is 30.5. The summed E-state index contributed by atoms with van der Waals surface area (Å²) in [6.45, 7) is 40.4. The molecule has 10 rings (SSSR count). The molecule has 0 N–H and O–H groups in total. The van der Waals surface area contributed by atoms with E-state index in [9.17, 15) is 0 Å². The third-order valence-electron chi connectivity index (χ3n) is 17.2. The maximum Gasteiger partial charge on any atom is 0.162 e. The molecule has 0 radical (unpaired) electrons. The Bertz CT molecular complexity index is 3590. The molecule has 0 atom stereocenters. The molecule has 1 aliphatic rings. The number of hydrogen-bond acceptors (Lipinski definition) is 9. The average molecular weight is 1230 g/mol. The van der Waals surface area contributed by atoms with Crippen molar-refractivity contribution in [3.8, 4) is 0 Å². The molecule has 0 spiro atoms. The molecule has 0 saturated carbocycles. The molecule has 9 aromatic carbocycles. The van der Waals surface area contributed by atoms with Crippen molar-refractivity contribution < 1.29 is 0 Å². The van der Waals surface area contributed by atoms with Gasteiger partial charge in [-0.2, -0.15) is 0 Å². The lowest BCUT2D eigenvalue weighted by Crippen LogP contribution is -2.14. The molecule has 0 aliphatic carbocycles. The van der Waals surface area contributed by atoms with Crippen LogP contribution in [0, 0.1) is 0 Å². The van der Waals surface area contributed by atoms with Crippen LogP contribution in [0.15, 0.2) is 248 Å². The van der Waals surface area contributed by atoms with Gasteiger partial charge in [0.05, 0.1) is 0 Å². The highest BCUT2D eigenvalue weighted by atomic mass is 15.2. The van der Waals surface area contributed by atoms with E-state index in [1.165, 1.54) is 52.4 Å². The Kier molecular flexibility index (Phi) is 18.9. The van der Waals surface area contributed by atoms with Gasteiger partial charge in [-0.25, -0.2) is 30.0 Å². The van der Waals surface area contributed by atoms with Crippen molar-refractivity contribution >= 4 is 87.7 Å². The van der Waals surface area contributed by atoms with Crippen LogP contribution in [-0.4, -0.2) is 36.5 Å². The normalized spacial score (nSPS) is 13.5. The van der Waals surface area contributed by atoms with Gasteiger partial charge in [-0.05, 0) is 211 Å². The molecule has 0 fully saturated rings. The standard InChI is InChI=1S/C84H93N9/c1-79(2,3)61-25-43-70(44-26-61)91(71-45-27-62(28-46-71)80(4,5)6)67-37-19-58(20-38-67)76-85-55-87-77(59-21-39-68(40-22-59)92(72-47-29-63(30-48-72)81(7,8)9)73-49-31-64(32-50-73)82(10,11)12)89-57-90-78(88-56-86-76)60-23-41-69(42-24-60)93(74-51-33-65(34-52-74)83(13,14)15)75-53-35-66(36-54-75)84(16,17)18/h19-57H,1-18H3. The molecule has 0 saturated heterocycles. The number of aliphatic imine (C=N–C) groups is 6. The molecule has 0 aromatic heterocycles. The van der Waals surface area contributed by atoms with E-state index in [4.69, 9.17) is 30.0 Å². The summed E-state index contributed by atoms with van der Waals surface area (Å²) < 4.78 is 0. The van der Waals surface area contributed by atoms with Crippen LogP contribution in [0.1, 0.15) is 175 Å². The third kappa shape index (κ3) is 16.0. The maximum absolute atomic E-state index is 4.96. The van der Waals surface area contributed by atoms with E-state index in [-0.39, 0.29) is 32.5 Å². The Morgan fingerprint density at radius 3 is 0.441 bits per heavy atom. The van der Waals surface area contributed by atoms with Crippen LogP contribution in [-0.2, 0) is 32.5 Å². The molecule has 0 bridgehead atoms. The summed E-state index contributed by atoms with van der Waals surface area (Å²) in [7, 11) is 0. The van der Waals surface area contributed by atoms with Crippen LogP contribution in [0.4, 0.5) is 51.2 Å². The number of anilines is 9. The van der Waals surface area contributed by atoms with E-state index in [2.05, 4.69) is 358 Å². The summed E-state index contributed by atoms with van der Waals surface area (Å²) in [4.78, 5) is 36.6. The molecular formula is C84H93N9. The summed E-state index contributed by atoms with van der Waals surface area (Å²) in [6.07, 6.45) is 4.56. The van der Waals surface area contributed by atoms with Gasteiger partial charge in [0.2, 0.25) is 0 Å². The number of nitrogens with zero attached hydrogens (tertiary/aromatic N) is 9. The van der Waals surface area contributed by atoms with Crippen LogP contribution in [0.5, 0.6) is 0 Å². The number of hydrogen-bond donors (Lipinski definition) is 0. The minimum Gasteiger partial charge on any atom is -0.311 e. The largest absolute Gasteiger partial charge is 0.311 e. The van der Waals surface area contributed by atoms with Crippen molar-refractivity contribution in [2.45, 2.75) is 157 Å². The van der Waals surface area contributed by atoms with Gasteiger partial charge in [0.1, 0.15) is 19.0 Å². The van der Waals surface area contributed by atoms with E-state index in [1.807, 2.05) is 0 Å². The van der Waals surface area contributed by atoms with Gasteiger partial charge in [0.15, 0.2) is 17.5 Å². The van der Waals surface area contributed by atoms with Crippen molar-refractivity contribution in [1.82, 2.24) is 0 Å². The monoisotopic (exact) mass is 1230 g/mol. The van der Waals surface area contributed by atoms with Crippen molar-refractivity contribution in [2.75, 3.05) is 14.7 Å². The summed E-state index contributed by atoms with van der Waals surface area (Å²) in [6, 6.07) is 78.3. The number of rotatable bonds is 12. The Labute approximate surface area is 554 Å². The molecule has 0 amide bonds. The zero-order valence-corrected chi connectivity index (χ0v) is 58.0. The number of benzene rings is 9. The third-order valence-corrected chi connectivity index (χ3v) is 17.2. The topological polar surface area (TPSA) is 83.9 Å². The van der Waals surface area contributed by atoms with Crippen LogP contribution in [0.25, 0.3) is 0 Å². The first-order valence-corrected chi connectivity index (χ1v) is 32.5. The molecule has 1 heterocycles. The van der Waals surface area contributed by atoms with Gasteiger partial charge in [0, 0.05) is 67.9 Å². The minimum absolute atomic E-state index is 0.0134. The van der Waals surface area contributed by atoms with Gasteiger partial charge in [0.25, 0.3) is 0 Å². The lowest BCUT2D eigenvalue weighted by molar-refractivity contribution is 0.590. The molecule has 9 heteroatoms. The Hall–Kier alpha value is -9.60. The quantitative estimate of drug-likeness (QED) is 0.122. The fourth-order valence-electron chi connectivity index (χ4n) is 11.2. The Morgan fingerprint density at radius 1 is 0.183 bits per heavy atom. The average Bonchev–Trinajstić information content (AvgIpc) is 0.829. The van der Waals surface area contributed by atoms with E-state index < -0.39 is 0 Å². The fourth-order valence-corrected chi connectivity index (χ4v) is 11.2. The molecule has 0 unspecified atom stereocenters. The van der Waals surface area contributed by atoms with E-state index in [0.717, 1.165) is 67.9 Å². The Balaban J connectivity index is 1.05. The fraction of sp³-hybridized carbons (Fsp3) is 0.286. The lowest BCUT2D eigenvalue weighted by atomic mass is 9.86. The second-order valence-corrected chi connectivity index (χ2v) is 30.5. The predicted molar refractivity (Wildman–Crippen MR) is 401 cm³/mol. The Morgan fingerprint density at radius 2 is 0.312 bits per heavy atom. The molecule has 474 valence electrons. The zero-order valence-electron chi connectivity index (χ0n) is 58.0. The summed E-state index contributed by atoms with van der Waals surface area (Å²) in [5.41, 5.74) is 19.3. The van der Waals surface area contributed by atoms with E-state index in [0.29, 0.717) is 17.5 Å². The summed E-state index contributed by atoms with van der Waals surface area (Å²) in [5.74, 6) is 1.24. The van der Waals surface area contributed by atoms with Crippen molar-refractivity contribution in [2.24, 2.45) is 30.0 Å². The summed E-state index contributed by atoms with van der Waals surface area (Å²) in [5, 5.41) is 0. The highest BCUT2D eigenvalue weighted by Gasteiger charge is 2.24. The van der Waals surface area contributed by atoms with Crippen LogP contribution in [0.3, 0.4) is 0 Å². The first kappa shape index (κ1) is 66.3. The predicted octanol–water partition coefficient (Wildman–Crippen LogP) is 22.6. The second kappa shape index (κ2) is 26.6. The molecule has 93 heavy (non-hydrogen) atoms. The van der Waals surface area contributed by atoms with Crippen molar-refractivity contribution in [3.05, 3.63) is 268 Å². The highest BCUT2D eigenvalue weighted by molar-refractivity contribution is 6.13. The number of amidine groups is 3. The van der Waals surface area contributed by atoms with Gasteiger partial charge < -0.3 is 14.7 Å². The van der Waals surface area contributed by atoms with Crippen LogP contribution < -0.4 is 14.7 Å². The first-order chi connectivity index (χ1) is 43.9. The minimum atomic E-state index is 0.0134. The molecule has 9 nitrogen and oxygen atoms in total. The van der Waals surface area contributed by atoms with Crippen molar-refractivity contribution in [1.29, 1.82) is 0 Å². The molecular weight excluding hydrogens is 1130 g/mol. The smallest absolute Gasteiger partial charge is 0.162 e.